The molecule has 1 N–H and O–H groups in total. The lowest BCUT2D eigenvalue weighted by molar-refractivity contribution is -0.120. The molecule has 0 bridgehead atoms. The molecular weight excluding hydrogens is 284 g/mol. The van der Waals surface area contributed by atoms with Crippen LogP contribution in [-0.2, 0) is 11.2 Å². The molecule has 1 aromatic carbocycles. The third kappa shape index (κ3) is 4.45. The number of methoxy groups -OCH3 is 1. The topological polar surface area (TPSA) is 62.1 Å². The Morgan fingerprint density at radius 3 is 3.00 bits per heavy atom. The number of amides is 1. The smallest absolute Gasteiger partial charge is 0.234 e. The third-order valence-electron chi connectivity index (χ3n) is 2.20. The van der Waals surface area contributed by atoms with Crippen LogP contribution in [0.1, 0.15) is 12.0 Å². The minimum atomic E-state index is -0.249. The van der Waals surface area contributed by atoms with Gasteiger partial charge in [0.25, 0.3) is 0 Å². The summed E-state index contributed by atoms with van der Waals surface area (Å²) in [5.41, 5.74) is 1.01. The first-order valence-electron chi connectivity index (χ1n) is 5.13. The molecule has 0 spiro atoms. The zero-order chi connectivity index (χ0) is 12.7. The number of benzene rings is 1. The largest absolute Gasteiger partial charge is 0.496 e. The van der Waals surface area contributed by atoms with Crippen molar-refractivity contribution in [2.45, 2.75) is 12.8 Å². The minimum Gasteiger partial charge on any atom is -0.496 e. The molecule has 0 aliphatic carbocycles. The van der Waals surface area contributed by atoms with Gasteiger partial charge in [0.2, 0.25) is 5.91 Å². The Hall–Kier alpha value is -1.54. The van der Waals surface area contributed by atoms with Crippen LogP contribution >= 0.6 is 15.9 Å². The van der Waals surface area contributed by atoms with Gasteiger partial charge in [-0.05, 0) is 30.2 Å². The fraction of sp³-hybridized carbons (Fsp3) is 0.333. The highest BCUT2D eigenvalue weighted by Crippen LogP contribution is 2.23. The Morgan fingerprint density at radius 1 is 1.59 bits per heavy atom. The molecule has 1 aromatic rings. The minimum absolute atomic E-state index is 0.102. The zero-order valence-electron chi connectivity index (χ0n) is 9.50. The van der Waals surface area contributed by atoms with Crippen molar-refractivity contribution in [3.63, 3.8) is 0 Å². The fourth-order valence-electron chi connectivity index (χ4n) is 1.41. The van der Waals surface area contributed by atoms with Crippen molar-refractivity contribution in [2.75, 3.05) is 13.7 Å². The monoisotopic (exact) mass is 296 g/mol. The molecule has 0 aliphatic heterocycles. The van der Waals surface area contributed by atoms with Crippen LogP contribution < -0.4 is 10.1 Å². The van der Waals surface area contributed by atoms with Crippen LogP contribution in [0.15, 0.2) is 22.7 Å². The van der Waals surface area contributed by atoms with Crippen molar-refractivity contribution in [2.24, 2.45) is 0 Å². The van der Waals surface area contributed by atoms with E-state index in [1.807, 2.05) is 18.2 Å². The summed E-state index contributed by atoms with van der Waals surface area (Å²) in [5, 5.41) is 11.0. The standard InChI is InChI=1S/C12H13BrN2O2/c1-17-11-3-2-10(13)8-9(11)5-7-15-12(16)4-6-14/h2-3,8H,4-5,7H2,1H3,(H,15,16). The molecule has 5 heteroatoms. The summed E-state index contributed by atoms with van der Waals surface area (Å²) in [4.78, 5) is 11.1. The molecule has 0 radical (unpaired) electrons. The highest BCUT2D eigenvalue weighted by atomic mass is 79.9. The summed E-state index contributed by atoms with van der Waals surface area (Å²) in [5.74, 6) is 0.546. The molecule has 0 saturated carbocycles. The summed E-state index contributed by atoms with van der Waals surface area (Å²) >= 11 is 3.39. The fourth-order valence-corrected chi connectivity index (χ4v) is 1.82. The number of ether oxygens (including phenoxy) is 1. The van der Waals surface area contributed by atoms with E-state index in [0.717, 1.165) is 15.8 Å². The van der Waals surface area contributed by atoms with Gasteiger partial charge in [-0.1, -0.05) is 15.9 Å². The maximum atomic E-state index is 11.1. The Labute approximate surface area is 109 Å². The first-order valence-corrected chi connectivity index (χ1v) is 5.92. The number of hydrogen-bond acceptors (Lipinski definition) is 3. The quantitative estimate of drug-likeness (QED) is 0.904. The van der Waals surface area contributed by atoms with Gasteiger partial charge in [-0.25, -0.2) is 0 Å². The van der Waals surface area contributed by atoms with Crippen molar-refractivity contribution in [1.82, 2.24) is 5.32 Å². The molecule has 0 aliphatic rings. The van der Waals surface area contributed by atoms with Crippen molar-refractivity contribution in [3.05, 3.63) is 28.2 Å². The van der Waals surface area contributed by atoms with Gasteiger partial charge >= 0.3 is 0 Å². The van der Waals surface area contributed by atoms with Gasteiger partial charge in [0, 0.05) is 11.0 Å². The molecule has 90 valence electrons. The van der Waals surface area contributed by atoms with Crippen molar-refractivity contribution >= 4 is 21.8 Å². The number of rotatable bonds is 5. The normalized spacial score (nSPS) is 9.47. The van der Waals surface area contributed by atoms with Crippen molar-refractivity contribution < 1.29 is 9.53 Å². The van der Waals surface area contributed by atoms with Crippen LogP contribution in [0.25, 0.3) is 0 Å². The van der Waals surface area contributed by atoms with Gasteiger partial charge in [0.05, 0.1) is 13.2 Å². The Morgan fingerprint density at radius 2 is 2.35 bits per heavy atom. The molecule has 0 fully saturated rings. The van der Waals surface area contributed by atoms with Crippen LogP contribution in [0.4, 0.5) is 0 Å². The molecule has 1 rings (SSSR count). The molecule has 0 aromatic heterocycles. The molecule has 1 amide bonds. The maximum Gasteiger partial charge on any atom is 0.234 e. The first kappa shape index (κ1) is 13.5. The average molecular weight is 297 g/mol. The Kier molecular flexibility index (Phi) is 5.50. The lowest BCUT2D eigenvalue weighted by atomic mass is 10.1. The molecule has 4 nitrogen and oxygen atoms in total. The second-order valence-electron chi connectivity index (χ2n) is 3.39. The van der Waals surface area contributed by atoms with Gasteiger partial charge in [0.1, 0.15) is 12.2 Å². The number of carbonyl (C=O) groups excluding carboxylic acids is 1. The van der Waals surface area contributed by atoms with E-state index in [-0.39, 0.29) is 12.3 Å². The van der Waals surface area contributed by atoms with E-state index in [4.69, 9.17) is 10.00 Å². The summed E-state index contributed by atoms with van der Waals surface area (Å²) < 4.78 is 6.19. The molecular formula is C12H13BrN2O2. The highest BCUT2D eigenvalue weighted by Gasteiger charge is 2.04. The molecule has 0 unspecified atom stereocenters. The Balaban J connectivity index is 2.54. The number of nitrogens with one attached hydrogen (secondary N) is 1. The lowest BCUT2D eigenvalue weighted by Gasteiger charge is -2.09. The third-order valence-corrected chi connectivity index (χ3v) is 2.69. The van der Waals surface area contributed by atoms with E-state index < -0.39 is 0 Å². The number of hydrogen-bond donors (Lipinski definition) is 1. The second kappa shape index (κ2) is 6.92. The number of nitrogens with zero attached hydrogens (tertiary/aromatic N) is 1. The van der Waals surface area contributed by atoms with Gasteiger partial charge in [-0.15, -0.1) is 0 Å². The average Bonchev–Trinajstić information content (AvgIpc) is 2.30. The predicted octanol–water partition coefficient (Wildman–Crippen LogP) is 2.03. The van der Waals surface area contributed by atoms with Crippen LogP contribution in [0.2, 0.25) is 0 Å². The van der Waals surface area contributed by atoms with E-state index in [1.165, 1.54) is 0 Å². The van der Waals surface area contributed by atoms with Crippen LogP contribution in [0.3, 0.4) is 0 Å². The maximum absolute atomic E-state index is 11.1. The van der Waals surface area contributed by atoms with Crippen LogP contribution in [-0.4, -0.2) is 19.6 Å². The molecule has 0 heterocycles. The van der Waals surface area contributed by atoms with Crippen molar-refractivity contribution in [1.29, 1.82) is 5.26 Å². The lowest BCUT2D eigenvalue weighted by Crippen LogP contribution is -2.25. The molecule has 17 heavy (non-hydrogen) atoms. The van der Waals surface area contributed by atoms with E-state index in [1.54, 1.807) is 13.2 Å². The SMILES string of the molecule is COc1ccc(Br)cc1CCNC(=O)CC#N. The van der Waals surface area contributed by atoms with E-state index in [2.05, 4.69) is 21.2 Å². The van der Waals surface area contributed by atoms with Gasteiger partial charge in [-0.2, -0.15) is 5.26 Å². The highest BCUT2D eigenvalue weighted by molar-refractivity contribution is 9.10. The summed E-state index contributed by atoms with van der Waals surface area (Å²) in [6.45, 7) is 0.493. The van der Waals surface area contributed by atoms with Crippen LogP contribution in [0, 0.1) is 11.3 Å². The Bertz CT molecular complexity index is 441. The predicted molar refractivity (Wildman–Crippen MR) is 67.6 cm³/mol. The summed E-state index contributed by atoms with van der Waals surface area (Å²) in [7, 11) is 1.61. The van der Waals surface area contributed by atoms with E-state index >= 15 is 0 Å². The summed E-state index contributed by atoms with van der Waals surface area (Å²) in [6, 6.07) is 7.53. The van der Waals surface area contributed by atoms with Gasteiger partial charge in [-0.3, -0.25) is 4.79 Å². The summed E-state index contributed by atoms with van der Waals surface area (Å²) in [6.07, 6.45) is 0.565. The second-order valence-corrected chi connectivity index (χ2v) is 4.31. The zero-order valence-corrected chi connectivity index (χ0v) is 11.1. The van der Waals surface area contributed by atoms with Gasteiger partial charge in [0.15, 0.2) is 0 Å². The number of carbonyl (C=O) groups is 1. The van der Waals surface area contributed by atoms with Crippen LogP contribution in [0.5, 0.6) is 5.75 Å². The molecule has 0 saturated heterocycles. The van der Waals surface area contributed by atoms with E-state index in [9.17, 15) is 4.79 Å². The first-order chi connectivity index (χ1) is 8.17. The van der Waals surface area contributed by atoms with E-state index in [0.29, 0.717) is 13.0 Å². The van der Waals surface area contributed by atoms with Gasteiger partial charge < -0.3 is 10.1 Å². The molecule has 0 atom stereocenters. The number of halogens is 1. The number of nitriles is 1. The van der Waals surface area contributed by atoms with Crippen molar-refractivity contribution in [3.8, 4) is 11.8 Å².